The summed E-state index contributed by atoms with van der Waals surface area (Å²) >= 11 is 0. The summed E-state index contributed by atoms with van der Waals surface area (Å²) in [6.45, 7) is 2.72. The van der Waals surface area contributed by atoms with E-state index >= 15 is 0 Å². The fraction of sp³-hybridized carbons (Fsp3) is 0.211. The van der Waals surface area contributed by atoms with Crippen molar-refractivity contribution in [3.8, 4) is 17.3 Å². The van der Waals surface area contributed by atoms with Gasteiger partial charge in [0.05, 0.1) is 12.7 Å². The number of nitrogens with zero attached hydrogens (tertiary/aromatic N) is 3. The van der Waals surface area contributed by atoms with Crippen molar-refractivity contribution in [1.82, 2.24) is 14.5 Å². The third kappa shape index (κ3) is 3.68. The number of aromatic nitrogens is 3. The summed E-state index contributed by atoms with van der Waals surface area (Å²) in [7, 11) is 1.67. The number of aryl methyl sites for hydroxylation is 3. The van der Waals surface area contributed by atoms with Gasteiger partial charge >= 0.3 is 5.97 Å². The molecule has 0 aliphatic rings. The summed E-state index contributed by atoms with van der Waals surface area (Å²) in [6, 6.07) is 9.14. The minimum atomic E-state index is -0.980. The van der Waals surface area contributed by atoms with Crippen molar-refractivity contribution >= 4 is 5.97 Å². The molecule has 128 valence electrons. The Morgan fingerprint density at radius 1 is 1.20 bits per heavy atom. The first-order chi connectivity index (χ1) is 12.1. The molecule has 3 rings (SSSR count). The largest absolute Gasteiger partial charge is 0.496 e. The monoisotopic (exact) mass is 337 g/mol. The van der Waals surface area contributed by atoms with E-state index in [9.17, 15) is 4.79 Å². The van der Waals surface area contributed by atoms with Crippen LogP contribution in [-0.4, -0.2) is 32.7 Å². The Morgan fingerprint density at radius 2 is 2.04 bits per heavy atom. The predicted octanol–water partition coefficient (Wildman–Crippen LogP) is 3.20. The number of benzene rings is 1. The number of imidazole rings is 1. The molecule has 0 spiro atoms. The molecule has 2 heterocycles. The smallest absolute Gasteiger partial charge is 0.335 e. The van der Waals surface area contributed by atoms with Gasteiger partial charge in [-0.25, -0.2) is 9.78 Å². The standard InChI is InChI=1S/C19H19N3O3/c1-13-3-4-14(17(11-13)25-2)6-9-22-10-8-21-18(22)16-12-15(19(23)24)5-7-20-16/h3-5,7-8,10-12H,6,9H2,1-2H3,(H,23,24). The third-order valence-corrected chi connectivity index (χ3v) is 4.02. The van der Waals surface area contributed by atoms with Crippen LogP contribution in [0.5, 0.6) is 5.75 Å². The summed E-state index contributed by atoms with van der Waals surface area (Å²) in [6.07, 6.45) is 5.81. The van der Waals surface area contributed by atoms with Gasteiger partial charge in [-0.2, -0.15) is 0 Å². The van der Waals surface area contributed by atoms with Gasteiger partial charge in [-0.15, -0.1) is 0 Å². The molecule has 0 aliphatic carbocycles. The van der Waals surface area contributed by atoms with Crippen LogP contribution in [0.25, 0.3) is 11.5 Å². The van der Waals surface area contributed by atoms with Gasteiger partial charge < -0.3 is 14.4 Å². The summed E-state index contributed by atoms with van der Waals surface area (Å²) in [5.74, 6) is 0.535. The van der Waals surface area contributed by atoms with Crippen molar-refractivity contribution in [3.05, 3.63) is 65.6 Å². The molecule has 6 heteroatoms. The number of carbonyl (C=O) groups is 1. The molecular weight excluding hydrogens is 318 g/mol. The molecule has 6 nitrogen and oxygen atoms in total. The second-order valence-electron chi connectivity index (χ2n) is 5.74. The van der Waals surface area contributed by atoms with Gasteiger partial charge in [0, 0.05) is 25.1 Å². The summed E-state index contributed by atoms with van der Waals surface area (Å²) in [4.78, 5) is 19.7. The Kier molecular flexibility index (Phi) is 4.79. The van der Waals surface area contributed by atoms with E-state index in [1.54, 1.807) is 13.3 Å². The second kappa shape index (κ2) is 7.17. The molecule has 0 saturated carbocycles. The van der Waals surface area contributed by atoms with Crippen molar-refractivity contribution in [2.75, 3.05) is 7.11 Å². The molecular formula is C19H19N3O3. The Labute approximate surface area is 145 Å². The lowest BCUT2D eigenvalue weighted by Gasteiger charge is -2.11. The van der Waals surface area contributed by atoms with E-state index in [2.05, 4.69) is 22.1 Å². The lowest BCUT2D eigenvalue weighted by molar-refractivity contribution is 0.0697. The van der Waals surface area contributed by atoms with Crippen molar-refractivity contribution < 1.29 is 14.6 Å². The number of carboxylic acid groups (broad SMARTS) is 1. The maximum absolute atomic E-state index is 11.1. The maximum atomic E-state index is 11.1. The Balaban J connectivity index is 1.83. The van der Waals surface area contributed by atoms with Crippen LogP contribution in [0, 0.1) is 6.92 Å². The van der Waals surface area contributed by atoms with Gasteiger partial charge in [0.1, 0.15) is 11.4 Å². The normalized spacial score (nSPS) is 10.6. The van der Waals surface area contributed by atoms with Crippen LogP contribution in [0.1, 0.15) is 21.5 Å². The predicted molar refractivity (Wildman–Crippen MR) is 93.9 cm³/mol. The van der Waals surface area contributed by atoms with Gasteiger partial charge in [-0.3, -0.25) is 4.98 Å². The second-order valence-corrected chi connectivity index (χ2v) is 5.74. The molecule has 0 atom stereocenters. The minimum absolute atomic E-state index is 0.194. The van der Waals surface area contributed by atoms with E-state index < -0.39 is 5.97 Å². The number of ether oxygens (including phenoxy) is 1. The molecule has 0 bridgehead atoms. The summed E-state index contributed by atoms with van der Waals surface area (Å²) < 4.78 is 7.42. The number of aromatic carboxylic acids is 1. The van der Waals surface area contributed by atoms with Crippen LogP contribution >= 0.6 is 0 Å². The molecule has 0 amide bonds. The van der Waals surface area contributed by atoms with E-state index in [0.29, 0.717) is 18.1 Å². The van der Waals surface area contributed by atoms with Crippen molar-refractivity contribution in [2.24, 2.45) is 0 Å². The van der Waals surface area contributed by atoms with Crippen LogP contribution in [-0.2, 0) is 13.0 Å². The highest BCUT2D eigenvalue weighted by molar-refractivity contribution is 5.88. The molecule has 2 aromatic heterocycles. The third-order valence-electron chi connectivity index (χ3n) is 4.02. The van der Waals surface area contributed by atoms with Crippen LogP contribution in [0.2, 0.25) is 0 Å². The molecule has 0 aliphatic heterocycles. The number of hydrogen-bond donors (Lipinski definition) is 1. The van der Waals surface area contributed by atoms with Crippen LogP contribution in [0.4, 0.5) is 0 Å². The Bertz CT molecular complexity index is 902. The maximum Gasteiger partial charge on any atom is 0.335 e. The van der Waals surface area contributed by atoms with Gasteiger partial charge in [0.25, 0.3) is 0 Å². The molecule has 0 saturated heterocycles. The van der Waals surface area contributed by atoms with Gasteiger partial charge in [0.2, 0.25) is 0 Å². The minimum Gasteiger partial charge on any atom is -0.496 e. The van der Waals surface area contributed by atoms with E-state index in [-0.39, 0.29) is 5.56 Å². The van der Waals surface area contributed by atoms with Gasteiger partial charge in [-0.1, -0.05) is 12.1 Å². The van der Waals surface area contributed by atoms with Crippen molar-refractivity contribution in [1.29, 1.82) is 0 Å². The number of hydrogen-bond acceptors (Lipinski definition) is 4. The lowest BCUT2D eigenvalue weighted by Crippen LogP contribution is -2.05. The number of methoxy groups -OCH3 is 1. The fourth-order valence-corrected chi connectivity index (χ4v) is 2.71. The highest BCUT2D eigenvalue weighted by Crippen LogP contribution is 2.22. The lowest BCUT2D eigenvalue weighted by atomic mass is 10.1. The Hall–Kier alpha value is -3.15. The summed E-state index contributed by atoms with van der Waals surface area (Å²) in [5, 5.41) is 9.14. The first kappa shape index (κ1) is 16.7. The zero-order valence-electron chi connectivity index (χ0n) is 14.1. The number of carboxylic acids is 1. The molecule has 3 aromatic rings. The number of pyridine rings is 1. The SMILES string of the molecule is COc1cc(C)ccc1CCn1ccnc1-c1cc(C(=O)O)ccn1. The zero-order chi connectivity index (χ0) is 17.8. The Morgan fingerprint density at radius 3 is 2.80 bits per heavy atom. The fourth-order valence-electron chi connectivity index (χ4n) is 2.71. The molecule has 0 fully saturated rings. The molecule has 0 unspecified atom stereocenters. The van der Waals surface area contributed by atoms with E-state index in [1.165, 1.54) is 18.3 Å². The van der Waals surface area contributed by atoms with Crippen LogP contribution in [0.15, 0.2) is 48.9 Å². The first-order valence-electron chi connectivity index (χ1n) is 7.93. The quantitative estimate of drug-likeness (QED) is 0.747. The molecule has 0 radical (unpaired) electrons. The van der Waals surface area contributed by atoms with E-state index in [1.807, 2.05) is 23.8 Å². The zero-order valence-corrected chi connectivity index (χ0v) is 14.1. The average Bonchev–Trinajstić information content (AvgIpc) is 3.09. The van der Waals surface area contributed by atoms with Crippen LogP contribution in [0.3, 0.4) is 0 Å². The van der Waals surface area contributed by atoms with Gasteiger partial charge in [-0.05, 0) is 42.7 Å². The van der Waals surface area contributed by atoms with Crippen molar-refractivity contribution in [3.63, 3.8) is 0 Å². The average molecular weight is 337 g/mol. The molecule has 1 N–H and O–H groups in total. The van der Waals surface area contributed by atoms with E-state index in [4.69, 9.17) is 9.84 Å². The number of rotatable bonds is 6. The molecule has 25 heavy (non-hydrogen) atoms. The highest BCUT2D eigenvalue weighted by atomic mass is 16.5. The highest BCUT2D eigenvalue weighted by Gasteiger charge is 2.12. The summed E-state index contributed by atoms with van der Waals surface area (Å²) in [5.41, 5.74) is 3.00. The van der Waals surface area contributed by atoms with Gasteiger partial charge in [0.15, 0.2) is 5.82 Å². The first-order valence-corrected chi connectivity index (χ1v) is 7.93. The van der Waals surface area contributed by atoms with E-state index in [0.717, 1.165) is 23.3 Å². The van der Waals surface area contributed by atoms with Crippen molar-refractivity contribution in [2.45, 2.75) is 19.9 Å². The molecule has 1 aromatic carbocycles. The topological polar surface area (TPSA) is 77.2 Å². The van der Waals surface area contributed by atoms with Crippen LogP contribution < -0.4 is 4.74 Å².